The molecule has 2 aliphatic carbocycles. The number of rotatable bonds is 5. The summed E-state index contributed by atoms with van der Waals surface area (Å²) in [6, 6.07) is 7.81. The average molecular weight is 280 g/mol. The number of nitrogens with two attached hydrogens (primary N) is 1. The van der Waals surface area contributed by atoms with Crippen LogP contribution in [0.3, 0.4) is 0 Å². The van der Waals surface area contributed by atoms with Crippen LogP contribution >= 0.6 is 0 Å². The topological polar surface area (TPSA) is 30.9 Å². The van der Waals surface area contributed by atoms with Gasteiger partial charge in [0.2, 0.25) is 0 Å². The van der Waals surface area contributed by atoms with Crippen molar-refractivity contribution in [3.8, 4) is 0 Å². The molecule has 0 radical (unpaired) electrons. The van der Waals surface area contributed by atoms with Gasteiger partial charge in [0.1, 0.15) is 0 Å². The smallest absolute Gasteiger partial charge is 0.0489 e. The van der Waals surface area contributed by atoms with Crippen molar-refractivity contribution >= 4 is 16.5 Å². The standard InChI is InChI=1S/C19H24N2/c1-12(20)9-14-3-8-19-17(10-14)18(13(2)15-4-5-15)11-21(19)16-6-7-16/h3,8,10-12,15-16H,2,4-7,9,20H2,1H3. The van der Waals surface area contributed by atoms with Gasteiger partial charge in [0.25, 0.3) is 0 Å². The molecule has 2 nitrogen and oxygen atoms in total. The number of hydrogen-bond acceptors (Lipinski definition) is 1. The van der Waals surface area contributed by atoms with E-state index in [1.165, 1.54) is 53.3 Å². The molecular weight excluding hydrogens is 256 g/mol. The Morgan fingerprint density at radius 3 is 2.71 bits per heavy atom. The summed E-state index contributed by atoms with van der Waals surface area (Å²) in [5, 5.41) is 1.39. The zero-order valence-electron chi connectivity index (χ0n) is 12.8. The Kier molecular flexibility index (Phi) is 2.97. The lowest BCUT2D eigenvalue weighted by Crippen LogP contribution is -2.17. The molecule has 1 heterocycles. The maximum absolute atomic E-state index is 5.97. The highest BCUT2D eigenvalue weighted by Gasteiger charge is 2.30. The van der Waals surface area contributed by atoms with Gasteiger partial charge in [-0.1, -0.05) is 12.6 Å². The highest BCUT2D eigenvalue weighted by Crippen LogP contribution is 2.46. The fourth-order valence-corrected chi connectivity index (χ4v) is 3.36. The van der Waals surface area contributed by atoms with Gasteiger partial charge in [-0.15, -0.1) is 0 Å². The van der Waals surface area contributed by atoms with Crippen LogP contribution in [0.4, 0.5) is 0 Å². The second-order valence-corrected chi connectivity index (χ2v) is 7.01. The second kappa shape index (κ2) is 4.74. The molecule has 1 atom stereocenters. The molecule has 21 heavy (non-hydrogen) atoms. The van der Waals surface area contributed by atoms with Crippen molar-refractivity contribution in [3.63, 3.8) is 0 Å². The SMILES string of the molecule is C=C(c1cn(C2CC2)c2ccc(CC(C)N)cc12)C1CC1. The summed E-state index contributed by atoms with van der Waals surface area (Å²) in [6.07, 6.45) is 8.57. The molecule has 1 aromatic carbocycles. The first-order chi connectivity index (χ1) is 10.1. The van der Waals surface area contributed by atoms with Gasteiger partial charge in [-0.2, -0.15) is 0 Å². The van der Waals surface area contributed by atoms with E-state index in [1.807, 2.05) is 0 Å². The number of fused-ring (bicyclic) bond motifs is 1. The van der Waals surface area contributed by atoms with E-state index in [0.29, 0.717) is 6.04 Å². The molecule has 2 aliphatic rings. The summed E-state index contributed by atoms with van der Waals surface area (Å²) in [6.45, 7) is 6.46. The van der Waals surface area contributed by atoms with Crippen LogP contribution in [-0.4, -0.2) is 10.6 Å². The van der Waals surface area contributed by atoms with Crippen LogP contribution in [0.1, 0.15) is 49.8 Å². The molecule has 2 fully saturated rings. The molecule has 2 saturated carbocycles. The zero-order valence-corrected chi connectivity index (χ0v) is 12.8. The molecule has 0 saturated heterocycles. The molecule has 0 spiro atoms. The number of nitrogens with zero attached hydrogens (tertiary/aromatic N) is 1. The van der Waals surface area contributed by atoms with E-state index in [1.54, 1.807) is 0 Å². The highest BCUT2D eigenvalue weighted by molar-refractivity contribution is 5.94. The van der Waals surface area contributed by atoms with Gasteiger partial charge < -0.3 is 10.3 Å². The predicted molar refractivity (Wildman–Crippen MR) is 89.3 cm³/mol. The number of allylic oxidation sites excluding steroid dienone is 1. The normalized spacial score (nSPS) is 19.9. The van der Waals surface area contributed by atoms with Gasteiger partial charge in [-0.05, 0) is 68.2 Å². The van der Waals surface area contributed by atoms with Crippen molar-refractivity contribution in [1.29, 1.82) is 0 Å². The molecule has 1 unspecified atom stereocenters. The van der Waals surface area contributed by atoms with Crippen LogP contribution in [0, 0.1) is 5.92 Å². The van der Waals surface area contributed by atoms with Crippen molar-refractivity contribution in [2.24, 2.45) is 11.7 Å². The molecule has 0 aliphatic heterocycles. The van der Waals surface area contributed by atoms with Crippen molar-refractivity contribution < 1.29 is 0 Å². The van der Waals surface area contributed by atoms with Gasteiger partial charge in [0.05, 0.1) is 0 Å². The number of hydrogen-bond donors (Lipinski definition) is 1. The van der Waals surface area contributed by atoms with Crippen LogP contribution in [0.5, 0.6) is 0 Å². The Hall–Kier alpha value is -1.54. The first kappa shape index (κ1) is 13.1. The van der Waals surface area contributed by atoms with Crippen molar-refractivity contribution in [3.05, 3.63) is 42.1 Å². The minimum Gasteiger partial charge on any atom is -0.344 e. The van der Waals surface area contributed by atoms with Crippen LogP contribution in [0.15, 0.2) is 31.0 Å². The molecule has 2 heteroatoms. The largest absolute Gasteiger partial charge is 0.344 e. The van der Waals surface area contributed by atoms with E-state index in [4.69, 9.17) is 5.73 Å². The highest BCUT2D eigenvalue weighted by atomic mass is 15.0. The summed E-state index contributed by atoms with van der Waals surface area (Å²) in [7, 11) is 0. The average Bonchev–Trinajstić information content (AvgIpc) is 3.33. The second-order valence-electron chi connectivity index (χ2n) is 7.01. The molecule has 0 bridgehead atoms. The summed E-state index contributed by atoms with van der Waals surface area (Å²) >= 11 is 0. The third-order valence-electron chi connectivity index (χ3n) is 4.81. The fraction of sp³-hybridized carbons (Fsp3) is 0.474. The molecule has 110 valence electrons. The van der Waals surface area contributed by atoms with E-state index in [-0.39, 0.29) is 6.04 Å². The molecule has 0 amide bonds. The fourth-order valence-electron chi connectivity index (χ4n) is 3.36. The first-order valence-electron chi connectivity index (χ1n) is 8.21. The lowest BCUT2D eigenvalue weighted by molar-refractivity contribution is 0.738. The molecular formula is C19H24N2. The lowest BCUT2D eigenvalue weighted by Gasteiger charge is -2.07. The van der Waals surface area contributed by atoms with E-state index < -0.39 is 0 Å². The first-order valence-corrected chi connectivity index (χ1v) is 8.21. The molecule has 1 aromatic heterocycles. The maximum atomic E-state index is 5.97. The molecule has 2 aromatic rings. The number of benzene rings is 1. The predicted octanol–water partition coefficient (Wildman–Crippen LogP) is 4.29. The Morgan fingerprint density at radius 1 is 1.33 bits per heavy atom. The molecule has 4 rings (SSSR count). The summed E-state index contributed by atoms with van der Waals surface area (Å²) < 4.78 is 2.48. The van der Waals surface area contributed by atoms with E-state index in [2.05, 4.69) is 42.5 Å². The van der Waals surface area contributed by atoms with Gasteiger partial charge in [-0.25, -0.2) is 0 Å². The zero-order chi connectivity index (χ0) is 14.6. The Balaban J connectivity index is 1.83. The van der Waals surface area contributed by atoms with Crippen molar-refractivity contribution in [2.75, 3.05) is 0 Å². The molecule has 2 N–H and O–H groups in total. The quantitative estimate of drug-likeness (QED) is 0.870. The van der Waals surface area contributed by atoms with E-state index >= 15 is 0 Å². The van der Waals surface area contributed by atoms with Crippen molar-refractivity contribution in [2.45, 2.75) is 51.1 Å². The van der Waals surface area contributed by atoms with E-state index in [0.717, 1.165) is 12.3 Å². The van der Waals surface area contributed by atoms with Gasteiger partial charge in [0.15, 0.2) is 0 Å². The minimum atomic E-state index is 0.211. The lowest BCUT2D eigenvalue weighted by atomic mass is 9.99. The van der Waals surface area contributed by atoms with Crippen molar-refractivity contribution in [1.82, 2.24) is 4.57 Å². The number of aromatic nitrogens is 1. The Morgan fingerprint density at radius 2 is 2.10 bits per heavy atom. The van der Waals surface area contributed by atoms with Gasteiger partial charge in [-0.3, -0.25) is 0 Å². The van der Waals surface area contributed by atoms with E-state index in [9.17, 15) is 0 Å². The van der Waals surface area contributed by atoms with Crippen LogP contribution in [0.25, 0.3) is 16.5 Å². The maximum Gasteiger partial charge on any atom is 0.0489 e. The van der Waals surface area contributed by atoms with Crippen LogP contribution < -0.4 is 5.73 Å². The van der Waals surface area contributed by atoms with Crippen LogP contribution in [0.2, 0.25) is 0 Å². The third-order valence-corrected chi connectivity index (χ3v) is 4.81. The summed E-state index contributed by atoms with van der Waals surface area (Å²) in [4.78, 5) is 0. The Bertz CT molecular complexity index is 700. The summed E-state index contributed by atoms with van der Waals surface area (Å²) in [5.74, 6) is 0.723. The monoisotopic (exact) mass is 280 g/mol. The van der Waals surface area contributed by atoms with Gasteiger partial charge in [0, 0.05) is 34.7 Å². The Labute approximate surface area is 126 Å². The third kappa shape index (κ3) is 2.42. The summed E-state index contributed by atoms with van der Waals surface area (Å²) in [5.41, 5.74) is 11.4. The minimum absolute atomic E-state index is 0.211. The van der Waals surface area contributed by atoms with Crippen LogP contribution in [-0.2, 0) is 6.42 Å². The van der Waals surface area contributed by atoms with Gasteiger partial charge >= 0.3 is 0 Å².